The Morgan fingerprint density at radius 1 is 1.45 bits per heavy atom. The van der Waals surface area contributed by atoms with Gasteiger partial charge in [0.05, 0.1) is 23.8 Å². The molecule has 0 fully saturated rings. The number of methoxy groups -OCH3 is 1. The van der Waals surface area contributed by atoms with E-state index < -0.39 is 10.8 Å². The van der Waals surface area contributed by atoms with Gasteiger partial charge >= 0.3 is 0 Å². The number of nitrogens with zero attached hydrogens (tertiary/aromatic N) is 2. The normalized spacial score (nSPS) is 10.1. The predicted octanol–water partition coefficient (Wildman–Crippen LogP) is 2.15. The Kier molecular flexibility index (Phi) is 3.65. The minimum atomic E-state index is -0.565. The van der Waals surface area contributed by atoms with Crippen molar-refractivity contribution in [1.29, 1.82) is 0 Å². The van der Waals surface area contributed by atoms with E-state index in [1.54, 1.807) is 13.0 Å². The van der Waals surface area contributed by atoms with E-state index in [0.29, 0.717) is 11.3 Å². The van der Waals surface area contributed by atoms with Crippen molar-refractivity contribution in [2.24, 2.45) is 0 Å². The van der Waals surface area contributed by atoms with Gasteiger partial charge in [0, 0.05) is 12.1 Å². The molecule has 0 saturated carbocycles. The number of carbonyl (C=O) groups excluding carboxylic acids is 1. The number of aryl methyl sites for hydroxylation is 1. The second kappa shape index (κ2) is 5.39. The number of nitro groups is 1. The second-order valence-electron chi connectivity index (χ2n) is 3.94. The number of hydrogen-bond acceptors (Lipinski definition) is 6. The molecule has 8 heteroatoms. The summed E-state index contributed by atoms with van der Waals surface area (Å²) < 4.78 is 9.58. The number of carbonyl (C=O) groups is 1. The predicted molar refractivity (Wildman–Crippen MR) is 68.8 cm³/mol. The van der Waals surface area contributed by atoms with Crippen molar-refractivity contribution >= 4 is 17.3 Å². The molecule has 0 aliphatic heterocycles. The second-order valence-corrected chi connectivity index (χ2v) is 3.94. The Bertz CT molecular complexity index is 665. The summed E-state index contributed by atoms with van der Waals surface area (Å²) in [6.07, 6.45) is 0. The highest BCUT2D eigenvalue weighted by atomic mass is 16.6. The molecule has 2 rings (SSSR count). The zero-order chi connectivity index (χ0) is 14.7. The molecule has 0 atom stereocenters. The molecular weight excluding hydrogens is 266 g/mol. The fourth-order valence-electron chi connectivity index (χ4n) is 1.50. The first-order chi connectivity index (χ1) is 9.51. The smallest absolute Gasteiger partial charge is 0.294 e. The first kappa shape index (κ1) is 13.5. The number of hydrogen-bond donors (Lipinski definition) is 1. The van der Waals surface area contributed by atoms with Gasteiger partial charge in [0.15, 0.2) is 0 Å². The maximum atomic E-state index is 11.9. The highest BCUT2D eigenvalue weighted by Gasteiger charge is 2.16. The van der Waals surface area contributed by atoms with Crippen LogP contribution >= 0.6 is 0 Å². The van der Waals surface area contributed by atoms with Crippen molar-refractivity contribution in [2.45, 2.75) is 6.92 Å². The van der Waals surface area contributed by atoms with Gasteiger partial charge < -0.3 is 14.6 Å². The molecule has 0 spiro atoms. The van der Waals surface area contributed by atoms with Gasteiger partial charge in [0.1, 0.15) is 0 Å². The van der Waals surface area contributed by atoms with Crippen molar-refractivity contribution in [3.63, 3.8) is 0 Å². The third-order valence-corrected chi connectivity index (χ3v) is 2.60. The molecule has 0 radical (unpaired) electrons. The van der Waals surface area contributed by atoms with Gasteiger partial charge in [-0.1, -0.05) is 6.07 Å². The van der Waals surface area contributed by atoms with Crippen molar-refractivity contribution in [3.05, 3.63) is 45.7 Å². The lowest BCUT2D eigenvalue weighted by atomic mass is 10.2. The molecule has 1 aromatic heterocycles. The van der Waals surface area contributed by atoms with E-state index in [1.807, 2.05) is 0 Å². The number of benzene rings is 1. The van der Waals surface area contributed by atoms with Gasteiger partial charge in [-0.15, -0.1) is 0 Å². The Labute approximate surface area is 113 Å². The van der Waals surface area contributed by atoms with Crippen molar-refractivity contribution in [2.75, 3.05) is 12.4 Å². The third-order valence-electron chi connectivity index (χ3n) is 2.60. The molecule has 1 N–H and O–H groups in total. The molecule has 0 aliphatic carbocycles. The van der Waals surface area contributed by atoms with E-state index in [9.17, 15) is 14.9 Å². The van der Waals surface area contributed by atoms with E-state index in [-0.39, 0.29) is 17.3 Å². The van der Waals surface area contributed by atoms with Gasteiger partial charge in [0.25, 0.3) is 17.5 Å². The molecule has 0 saturated heterocycles. The number of nitro benzene ring substituents is 1. The van der Waals surface area contributed by atoms with Crippen molar-refractivity contribution in [1.82, 2.24) is 5.16 Å². The summed E-state index contributed by atoms with van der Waals surface area (Å²) in [6, 6.07) is 5.51. The summed E-state index contributed by atoms with van der Waals surface area (Å²) in [7, 11) is 1.39. The lowest BCUT2D eigenvalue weighted by molar-refractivity contribution is -0.384. The summed E-state index contributed by atoms with van der Waals surface area (Å²) in [5.74, 6) is -0.442. The fraction of sp³-hybridized carbons (Fsp3) is 0.167. The van der Waals surface area contributed by atoms with Gasteiger partial charge in [-0.05, 0) is 17.6 Å². The number of anilines is 1. The van der Waals surface area contributed by atoms with Crippen LogP contribution in [-0.2, 0) is 0 Å². The van der Waals surface area contributed by atoms with Gasteiger partial charge in [-0.3, -0.25) is 14.9 Å². The third kappa shape index (κ3) is 2.74. The molecule has 104 valence electrons. The summed E-state index contributed by atoms with van der Waals surface area (Å²) in [5, 5.41) is 16.7. The molecule has 2 aromatic rings. The SMILES string of the molecule is COc1cc(C(=O)Nc2cc([N+](=O)[O-])ccc2C)on1. The maximum absolute atomic E-state index is 11.9. The Morgan fingerprint density at radius 3 is 2.80 bits per heavy atom. The molecule has 20 heavy (non-hydrogen) atoms. The van der Waals surface area contributed by atoms with Crippen molar-refractivity contribution in [3.8, 4) is 5.88 Å². The molecule has 1 heterocycles. The van der Waals surface area contributed by atoms with Crippen LogP contribution in [-0.4, -0.2) is 23.1 Å². The van der Waals surface area contributed by atoms with E-state index >= 15 is 0 Å². The highest BCUT2D eigenvalue weighted by Crippen LogP contribution is 2.22. The Hall–Kier alpha value is -2.90. The lowest BCUT2D eigenvalue weighted by Gasteiger charge is -2.06. The molecule has 0 unspecified atom stereocenters. The Morgan fingerprint density at radius 2 is 2.20 bits per heavy atom. The number of non-ortho nitro benzene ring substituents is 1. The topological polar surface area (TPSA) is 108 Å². The monoisotopic (exact) mass is 277 g/mol. The van der Waals surface area contributed by atoms with E-state index in [4.69, 9.17) is 9.26 Å². The number of nitrogens with one attached hydrogen (secondary N) is 1. The Balaban J connectivity index is 2.22. The minimum Gasteiger partial charge on any atom is -0.479 e. The molecule has 0 aliphatic rings. The van der Waals surface area contributed by atoms with Crippen LogP contribution in [0, 0.1) is 17.0 Å². The largest absolute Gasteiger partial charge is 0.479 e. The van der Waals surface area contributed by atoms with Crippen molar-refractivity contribution < 1.29 is 19.0 Å². The van der Waals surface area contributed by atoms with E-state index in [0.717, 1.165) is 0 Å². The number of rotatable bonds is 4. The van der Waals surface area contributed by atoms with Crippen LogP contribution in [0.25, 0.3) is 0 Å². The van der Waals surface area contributed by atoms with Gasteiger partial charge in [-0.2, -0.15) is 0 Å². The van der Waals surface area contributed by atoms with E-state index in [2.05, 4.69) is 10.5 Å². The first-order valence-electron chi connectivity index (χ1n) is 5.58. The molecule has 1 amide bonds. The van der Waals surface area contributed by atoms with Crippen LogP contribution in [0.4, 0.5) is 11.4 Å². The summed E-state index contributed by atoms with van der Waals surface area (Å²) >= 11 is 0. The number of amides is 1. The zero-order valence-electron chi connectivity index (χ0n) is 10.7. The molecule has 0 bridgehead atoms. The average Bonchev–Trinajstić information content (AvgIpc) is 2.89. The van der Waals surface area contributed by atoms with Crippen LogP contribution in [0.15, 0.2) is 28.8 Å². The van der Waals surface area contributed by atoms with Gasteiger partial charge in [0.2, 0.25) is 5.76 Å². The summed E-state index contributed by atoms with van der Waals surface area (Å²) in [5.41, 5.74) is 0.913. The first-order valence-corrected chi connectivity index (χ1v) is 5.58. The summed E-state index contributed by atoms with van der Waals surface area (Å²) in [4.78, 5) is 22.1. The minimum absolute atomic E-state index is 0.0484. The van der Waals surface area contributed by atoms with Crippen LogP contribution in [0.2, 0.25) is 0 Å². The van der Waals surface area contributed by atoms with Gasteiger partial charge in [-0.25, -0.2) is 0 Å². The van der Waals surface area contributed by atoms with Crippen LogP contribution in [0.3, 0.4) is 0 Å². The molecule has 8 nitrogen and oxygen atoms in total. The zero-order valence-corrected chi connectivity index (χ0v) is 10.7. The molecule has 1 aromatic carbocycles. The lowest BCUT2D eigenvalue weighted by Crippen LogP contribution is -2.12. The highest BCUT2D eigenvalue weighted by molar-refractivity contribution is 6.02. The average molecular weight is 277 g/mol. The number of ether oxygens (including phenoxy) is 1. The number of aromatic nitrogens is 1. The summed E-state index contributed by atoms with van der Waals surface area (Å²) in [6.45, 7) is 1.72. The quantitative estimate of drug-likeness (QED) is 0.677. The van der Waals surface area contributed by atoms with Crippen LogP contribution in [0.5, 0.6) is 5.88 Å². The maximum Gasteiger partial charge on any atom is 0.294 e. The fourth-order valence-corrected chi connectivity index (χ4v) is 1.50. The van der Waals surface area contributed by atoms with Crippen LogP contribution in [0.1, 0.15) is 16.1 Å². The van der Waals surface area contributed by atoms with E-state index in [1.165, 1.54) is 25.3 Å². The standard InChI is InChI=1S/C12H11N3O5/c1-7-3-4-8(15(17)18)5-9(7)13-12(16)10-6-11(19-2)14-20-10/h3-6H,1-2H3,(H,13,16). The van der Waals surface area contributed by atoms with Crippen LogP contribution < -0.4 is 10.1 Å². The molecular formula is C12H11N3O5.